The highest BCUT2D eigenvalue weighted by Gasteiger charge is 2.23. The van der Waals surface area contributed by atoms with E-state index in [-0.39, 0.29) is 36.1 Å². The van der Waals surface area contributed by atoms with Crippen LogP contribution < -0.4 is 10.6 Å². The summed E-state index contributed by atoms with van der Waals surface area (Å²) in [5.74, 6) is -2.72. The Kier molecular flexibility index (Phi) is 14.3. The van der Waals surface area contributed by atoms with Gasteiger partial charge >= 0.3 is 0 Å². The van der Waals surface area contributed by atoms with Gasteiger partial charge in [0.05, 0.1) is 5.69 Å². The van der Waals surface area contributed by atoms with Gasteiger partial charge in [0, 0.05) is 37.8 Å². The number of nitrogens with two attached hydrogens (primary N) is 1. The Morgan fingerprint density at radius 3 is 1.92 bits per heavy atom. The Morgan fingerprint density at radius 1 is 0.960 bits per heavy atom. The first-order chi connectivity index (χ1) is 11.0. The molecule has 0 radical (unpaired) electrons. The molecule has 0 aromatic heterocycles. The van der Waals surface area contributed by atoms with E-state index >= 15 is 0 Å². The molecule has 8 heteroatoms. The lowest BCUT2D eigenvalue weighted by atomic mass is 10.1. The monoisotopic (exact) mass is 403 g/mol. The molecule has 2 rings (SSSR count). The van der Waals surface area contributed by atoms with Crippen LogP contribution in [0, 0.1) is 24.4 Å². The van der Waals surface area contributed by atoms with Crippen LogP contribution in [0.25, 0.3) is 0 Å². The second kappa shape index (κ2) is 13.5. The number of nitrogens with zero attached hydrogens (tertiary/aromatic N) is 2. The van der Waals surface area contributed by atoms with Gasteiger partial charge in [0.1, 0.15) is 0 Å². The van der Waals surface area contributed by atoms with Gasteiger partial charge in [-0.1, -0.05) is 13.8 Å². The Balaban J connectivity index is 0. The Morgan fingerprint density at radius 2 is 1.48 bits per heavy atom. The van der Waals surface area contributed by atoms with E-state index in [0.717, 1.165) is 45.1 Å². The molecule has 0 atom stereocenters. The molecule has 1 aromatic carbocycles. The number of hydrogen-bond donors (Lipinski definition) is 1. The summed E-state index contributed by atoms with van der Waals surface area (Å²) in [5.41, 5.74) is 4.96. The number of hydrogen-bond acceptors (Lipinski definition) is 3. The molecule has 1 saturated heterocycles. The second-order valence-corrected chi connectivity index (χ2v) is 5.75. The fourth-order valence-electron chi connectivity index (χ4n) is 2.47. The number of benzene rings is 1. The highest BCUT2D eigenvalue weighted by atomic mass is 35.5. The van der Waals surface area contributed by atoms with Crippen molar-refractivity contribution < 1.29 is 13.2 Å². The predicted molar refractivity (Wildman–Crippen MR) is 104 cm³/mol. The van der Waals surface area contributed by atoms with E-state index in [1.807, 2.05) is 0 Å². The second-order valence-electron chi connectivity index (χ2n) is 5.75. The van der Waals surface area contributed by atoms with Gasteiger partial charge < -0.3 is 10.6 Å². The summed E-state index contributed by atoms with van der Waals surface area (Å²) in [7, 11) is 0. The SMILES string of the molecule is CCCN.CCCN1CCN(c2cc(F)c(F)c(C)c2F)CC1.Cl.Cl. The van der Waals surface area contributed by atoms with Crippen molar-refractivity contribution in [3.05, 3.63) is 29.1 Å². The van der Waals surface area contributed by atoms with Gasteiger partial charge in [-0.2, -0.15) is 0 Å². The molecule has 0 spiro atoms. The van der Waals surface area contributed by atoms with Gasteiger partial charge in [-0.15, -0.1) is 24.8 Å². The summed E-state index contributed by atoms with van der Waals surface area (Å²) in [6, 6.07) is 0.965. The number of rotatable bonds is 4. The third-order valence-electron chi connectivity index (χ3n) is 3.90. The standard InChI is InChI=1S/C14H19F3N2.C3H9N.2ClH/c1-3-4-18-5-7-19(8-6-18)12-9-11(15)13(16)10(2)14(12)17;1-2-3-4;;/h9H,3-8H2,1-2H3;2-4H2,1H3;2*1H. The molecule has 1 aliphatic heterocycles. The third-order valence-corrected chi connectivity index (χ3v) is 3.90. The van der Waals surface area contributed by atoms with E-state index in [1.165, 1.54) is 6.92 Å². The minimum absolute atomic E-state index is 0. The van der Waals surface area contributed by atoms with Crippen LogP contribution in [-0.2, 0) is 0 Å². The average Bonchev–Trinajstić information content (AvgIpc) is 2.57. The maximum absolute atomic E-state index is 14.0. The number of anilines is 1. The summed E-state index contributed by atoms with van der Waals surface area (Å²) >= 11 is 0. The Labute approximate surface area is 161 Å². The van der Waals surface area contributed by atoms with E-state index in [1.54, 1.807) is 4.90 Å². The molecule has 1 fully saturated rings. The smallest absolute Gasteiger partial charge is 0.164 e. The summed E-state index contributed by atoms with van der Waals surface area (Å²) in [6.45, 7) is 10.2. The van der Waals surface area contributed by atoms with Crippen LogP contribution in [0.2, 0.25) is 0 Å². The van der Waals surface area contributed by atoms with E-state index in [9.17, 15) is 13.2 Å². The molecule has 0 saturated carbocycles. The summed E-state index contributed by atoms with van der Waals surface area (Å²) in [4.78, 5) is 4.08. The first kappa shape index (κ1) is 26.5. The molecule has 148 valence electrons. The van der Waals surface area contributed by atoms with Crippen molar-refractivity contribution in [2.45, 2.75) is 33.6 Å². The van der Waals surface area contributed by atoms with Crippen molar-refractivity contribution in [2.24, 2.45) is 5.73 Å². The van der Waals surface area contributed by atoms with E-state index < -0.39 is 17.5 Å². The van der Waals surface area contributed by atoms with E-state index in [0.29, 0.717) is 13.1 Å². The van der Waals surface area contributed by atoms with Crippen LogP contribution in [-0.4, -0.2) is 44.2 Å². The van der Waals surface area contributed by atoms with Crippen molar-refractivity contribution in [2.75, 3.05) is 44.2 Å². The van der Waals surface area contributed by atoms with Gasteiger partial charge in [-0.05, 0) is 32.9 Å². The Hall–Kier alpha value is -0.690. The topological polar surface area (TPSA) is 32.5 Å². The third kappa shape index (κ3) is 7.60. The number of piperazine rings is 1. The van der Waals surface area contributed by atoms with Gasteiger partial charge in [0.2, 0.25) is 0 Å². The predicted octanol–water partition coefficient (Wildman–Crippen LogP) is 4.14. The van der Waals surface area contributed by atoms with Crippen LogP contribution >= 0.6 is 24.8 Å². The lowest BCUT2D eigenvalue weighted by molar-refractivity contribution is 0.257. The first-order valence-corrected chi connectivity index (χ1v) is 8.27. The molecule has 1 aromatic rings. The van der Waals surface area contributed by atoms with Gasteiger partial charge in [0.15, 0.2) is 17.5 Å². The molecule has 0 bridgehead atoms. The maximum atomic E-state index is 14.0. The van der Waals surface area contributed by atoms with Crippen molar-refractivity contribution in [3.63, 3.8) is 0 Å². The normalized spacial score (nSPS) is 14.1. The zero-order valence-electron chi connectivity index (χ0n) is 15.2. The zero-order chi connectivity index (χ0) is 17.4. The van der Waals surface area contributed by atoms with Crippen LogP contribution in [0.15, 0.2) is 6.07 Å². The molecule has 2 N–H and O–H groups in total. The average molecular weight is 404 g/mol. The molecule has 0 aliphatic carbocycles. The van der Waals surface area contributed by atoms with Crippen LogP contribution in [0.5, 0.6) is 0 Å². The van der Waals surface area contributed by atoms with Crippen molar-refractivity contribution >= 4 is 30.5 Å². The van der Waals surface area contributed by atoms with Crippen LogP contribution in [0.4, 0.5) is 18.9 Å². The zero-order valence-corrected chi connectivity index (χ0v) is 16.8. The van der Waals surface area contributed by atoms with Crippen molar-refractivity contribution in [1.29, 1.82) is 0 Å². The largest absolute Gasteiger partial charge is 0.367 e. The fraction of sp³-hybridized carbons (Fsp3) is 0.647. The molecular weight excluding hydrogens is 374 g/mol. The van der Waals surface area contributed by atoms with Crippen LogP contribution in [0.3, 0.4) is 0 Å². The van der Waals surface area contributed by atoms with E-state index in [2.05, 4.69) is 18.7 Å². The molecular formula is C17H30Cl2F3N3. The Bertz CT molecular complexity index is 495. The first-order valence-electron chi connectivity index (χ1n) is 8.27. The highest BCUT2D eigenvalue weighted by Crippen LogP contribution is 2.27. The molecule has 1 aliphatic rings. The lowest BCUT2D eigenvalue weighted by Crippen LogP contribution is -2.46. The molecule has 0 amide bonds. The van der Waals surface area contributed by atoms with Crippen LogP contribution in [0.1, 0.15) is 32.3 Å². The summed E-state index contributed by atoms with van der Waals surface area (Å²) < 4.78 is 40.7. The quantitative estimate of drug-likeness (QED) is 0.766. The minimum atomic E-state index is -1.09. The maximum Gasteiger partial charge on any atom is 0.164 e. The fourth-order valence-corrected chi connectivity index (χ4v) is 2.47. The molecule has 25 heavy (non-hydrogen) atoms. The van der Waals surface area contributed by atoms with Gasteiger partial charge in [-0.25, -0.2) is 13.2 Å². The molecule has 0 unspecified atom stereocenters. The van der Waals surface area contributed by atoms with Crippen molar-refractivity contribution in [1.82, 2.24) is 4.90 Å². The minimum Gasteiger partial charge on any atom is -0.367 e. The molecule has 1 heterocycles. The van der Waals surface area contributed by atoms with Gasteiger partial charge in [-0.3, -0.25) is 4.90 Å². The molecule has 3 nitrogen and oxygen atoms in total. The van der Waals surface area contributed by atoms with Gasteiger partial charge in [0.25, 0.3) is 0 Å². The van der Waals surface area contributed by atoms with E-state index in [4.69, 9.17) is 5.73 Å². The number of halogens is 5. The lowest BCUT2D eigenvalue weighted by Gasteiger charge is -2.36. The van der Waals surface area contributed by atoms with Crippen molar-refractivity contribution in [3.8, 4) is 0 Å². The highest BCUT2D eigenvalue weighted by molar-refractivity contribution is 5.85. The summed E-state index contributed by atoms with van der Waals surface area (Å²) in [6.07, 6.45) is 2.18. The summed E-state index contributed by atoms with van der Waals surface area (Å²) in [5, 5.41) is 0.